The molecule has 1 aliphatic heterocycles. The molecule has 23 heavy (non-hydrogen) atoms. The Balaban J connectivity index is 1.98. The van der Waals surface area contributed by atoms with Crippen LogP contribution in [0.2, 0.25) is 0 Å². The molecular weight excluding hydrogens is 316 g/mol. The number of nitrogens with zero attached hydrogens (tertiary/aromatic N) is 3. The molecule has 0 spiro atoms. The van der Waals surface area contributed by atoms with Crippen molar-refractivity contribution in [3.8, 4) is 5.75 Å². The first-order valence-corrected chi connectivity index (χ1v) is 8.10. The maximum atomic E-state index is 11.4. The quantitative estimate of drug-likeness (QED) is 0.907. The number of carbonyl (C=O) groups excluding carboxylic acids is 2. The van der Waals surface area contributed by atoms with E-state index < -0.39 is 5.91 Å². The summed E-state index contributed by atoms with van der Waals surface area (Å²) in [6.07, 6.45) is 0. The summed E-state index contributed by atoms with van der Waals surface area (Å²) >= 11 is 1.27. The third kappa shape index (κ3) is 2.81. The van der Waals surface area contributed by atoms with Gasteiger partial charge in [0.2, 0.25) is 5.91 Å². The average Bonchev–Trinajstić information content (AvgIpc) is 2.99. The van der Waals surface area contributed by atoms with Crippen molar-refractivity contribution in [2.45, 2.75) is 6.92 Å². The third-order valence-electron chi connectivity index (χ3n) is 3.98. The molecule has 2 amide bonds. The Morgan fingerprint density at radius 3 is 2.52 bits per heavy atom. The van der Waals surface area contributed by atoms with Crippen LogP contribution in [0.5, 0.6) is 5.75 Å². The lowest BCUT2D eigenvalue weighted by Crippen LogP contribution is -2.48. The molecule has 122 valence electrons. The normalized spacial score (nSPS) is 15.0. The number of aromatic nitrogens is 1. The number of hydrogen-bond donors (Lipinski definition) is 1. The Morgan fingerprint density at radius 2 is 1.96 bits per heavy atom. The van der Waals surface area contributed by atoms with Gasteiger partial charge in [0.15, 0.2) is 5.01 Å². The minimum Gasteiger partial charge on any atom is -0.494 e. The van der Waals surface area contributed by atoms with Gasteiger partial charge in [0.05, 0.1) is 17.5 Å². The highest BCUT2D eigenvalue weighted by atomic mass is 32.1. The second-order valence-corrected chi connectivity index (χ2v) is 6.34. The highest BCUT2D eigenvalue weighted by Gasteiger charge is 2.23. The van der Waals surface area contributed by atoms with Gasteiger partial charge in [0.1, 0.15) is 11.3 Å². The highest BCUT2D eigenvalue weighted by Crippen LogP contribution is 2.37. The van der Waals surface area contributed by atoms with Crippen LogP contribution in [-0.2, 0) is 4.79 Å². The molecule has 1 saturated heterocycles. The van der Waals surface area contributed by atoms with Crippen molar-refractivity contribution in [1.82, 2.24) is 9.88 Å². The predicted molar refractivity (Wildman–Crippen MR) is 89.2 cm³/mol. The van der Waals surface area contributed by atoms with Gasteiger partial charge >= 0.3 is 0 Å². The Bertz CT molecular complexity index is 765. The van der Waals surface area contributed by atoms with Crippen LogP contribution in [0.1, 0.15) is 16.7 Å². The molecule has 0 unspecified atom stereocenters. The van der Waals surface area contributed by atoms with Gasteiger partial charge in [-0.1, -0.05) is 0 Å². The van der Waals surface area contributed by atoms with Crippen LogP contribution in [0, 0.1) is 0 Å². The Hall–Kier alpha value is -2.35. The first-order chi connectivity index (χ1) is 11.0. The molecule has 7 nitrogen and oxygen atoms in total. The molecule has 3 rings (SSSR count). The van der Waals surface area contributed by atoms with Crippen molar-refractivity contribution < 1.29 is 14.3 Å². The molecule has 0 saturated carbocycles. The molecule has 2 aromatic rings. The van der Waals surface area contributed by atoms with E-state index in [9.17, 15) is 9.59 Å². The van der Waals surface area contributed by atoms with Crippen molar-refractivity contribution in [3.05, 3.63) is 17.1 Å². The van der Waals surface area contributed by atoms with E-state index >= 15 is 0 Å². The molecule has 1 fully saturated rings. The van der Waals surface area contributed by atoms with E-state index in [1.54, 1.807) is 14.0 Å². The van der Waals surface area contributed by atoms with E-state index in [0.29, 0.717) is 24.4 Å². The van der Waals surface area contributed by atoms with Gasteiger partial charge in [-0.25, -0.2) is 4.98 Å². The number of nitrogens with two attached hydrogens (primary N) is 1. The fraction of sp³-hybridized carbons (Fsp3) is 0.400. The topological polar surface area (TPSA) is 88.8 Å². The summed E-state index contributed by atoms with van der Waals surface area (Å²) in [6.45, 7) is 4.44. The molecule has 0 bridgehead atoms. The van der Waals surface area contributed by atoms with E-state index in [0.717, 1.165) is 23.5 Å². The fourth-order valence-corrected chi connectivity index (χ4v) is 3.73. The van der Waals surface area contributed by atoms with Crippen molar-refractivity contribution in [2.75, 3.05) is 38.2 Å². The number of rotatable bonds is 3. The highest BCUT2D eigenvalue weighted by molar-refractivity contribution is 7.21. The minimum absolute atomic E-state index is 0.0957. The number of piperazine rings is 1. The summed E-state index contributed by atoms with van der Waals surface area (Å²) in [4.78, 5) is 31.2. The zero-order valence-corrected chi connectivity index (χ0v) is 13.9. The lowest BCUT2D eigenvalue weighted by Gasteiger charge is -2.35. The number of thiazole rings is 1. The molecule has 2 N–H and O–H groups in total. The number of primary amides is 1. The third-order valence-corrected chi connectivity index (χ3v) is 5.07. The molecule has 1 aromatic heterocycles. The SMILES string of the molecule is COc1ccc(N2CCN(C(C)=O)CC2)c2sc(C(N)=O)nc12. The number of methoxy groups -OCH3 is 1. The van der Waals surface area contributed by atoms with Gasteiger partial charge in [-0.15, -0.1) is 11.3 Å². The predicted octanol–water partition coefficient (Wildman–Crippen LogP) is 1.07. The van der Waals surface area contributed by atoms with Crippen LogP contribution in [0.15, 0.2) is 12.1 Å². The van der Waals surface area contributed by atoms with Gasteiger partial charge in [-0.3, -0.25) is 9.59 Å². The monoisotopic (exact) mass is 334 g/mol. The van der Waals surface area contributed by atoms with Crippen molar-refractivity contribution >= 4 is 39.1 Å². The van der Waals surface area contributed by atoms with Crippen molar-refractivity contribution in [3.63, 3.8) is 0 Å². The number of benzene rings is 1. The first kappa shape index (κ1) is 15.5. The molecular formula is C15H18N4O3S. The summed E-state index contributed by atoms with van der Waals surface area (Å²) in [5, 5.41) is 0.271. The maximum Gasteiger partial charge on any atom is 0.277 e. The molecule has 8 heteroatoms. The zero-order valence-electron chi connectivity index (χ0n) is 13.0. The Kier molecular flexibility index (Phi) is 4.08. The number of ether oxygens (including phenoxy) is 1. The zero-order chi connectivity index (χ0) is 16.6. The molecule has 2 heterocycles. The summed E-state index contributed by atoms with van der Waals surface area (Å²) in [5.41, 5.74) is 7.00. The van der Waals surface area contributed by atoms with Gasteiger partial charge in [-0.2, -0.15) is 0 Å². The lowest BCUT2D eigenvalue weighted by molar-refractivity contribution is -0.129. The van der Waals surface area contributed by atoms with Gasteiger partial charge < -0.3 is 20.3 Å². The number of anilines is 1. The summed E-state index contributed by atoms with van der Waals surface area (Å²) < 4.78 is 6.22. The summed E-state index contributed by atoms with van der Waals surface area (Å²) in [6, 6.07) is 3.81. The van der Waals surface area contributed by atoms with Gasteiger partial charge in [-0.05, 0) is 12.1 Å². The van der Waals surface area contributed by atoms with Crippen molar-refractivity contribution in [2.24, 2.45) is 5.73 Å². The minimum atomic E-state index is -0.541. The van der Waals surface area contributed by atoms with Crippen LogP contribution in [-0.4, -0.2) is 55.0 Å². The molecule has 1 aromatic carbocycles. The van der Waals surface area contributed by atoms with Crippen LogP contribution >= 0.6 is 11.3 Å². The largest absolute Gasteiger partial charge is 0.494 e. The maximum absolute atomic E-state index is 11.4. The van der Waals surface area contributed by atoms with Crippen LogP contribution in [0.4, 0.5) is 5.69 Å². The first-order valence-electron chi connectivity index (χ1n) is 7.29. The number of fused-ring (bicyclic) bond motifs is 1. The van der Waals surface area contributed by atoms with Crippen LogP contribution < -0.4 is 15.4 Å². The van der Waals surface area contributed by atoms with E-state index in [4.69, 9.17) is 10.5 Å². The van der Waals surface area contributed by atoms with Crippen molar-refractivity contribution in [1.29, 1.82) is 0 Å². The fourth-order valence-electron chi connectivity index (χ4n) is 2.75. The lowest BCUT2D eigenvalue weighted by atomic mass is 10.2. The van der Waals surface area contributed by atoms with Crippen LogP contribution in [0.25, 0.3) is 10.2 Å². The smallest absolute Gasteiger partial charge is 0.277 e. The summed E-state index contributed by atoms with van der Waals surface area (Å²) in [7, 11) is 1.57. The molecule has 0 atom stereocenters. The average molecular weight is 334 g/mol. The van der Waals surface area contributed by atoms with Gasteiger partial charge in [0.25, 0.3) is 5.91 Å². The Morgan fingerprint density at radius 1 is 1.26 bits per heavy atom. The second-order valence-electron chi connectivity index (χ2n) is 5.34. The Labute approximate surface area is 137 Å². The van der Waals surface area contributed by atoms with Gasteiger partial charge in [0, 0.05) is 33.1 Å². The van der Waals surface area contributed by atoms with Crippen LogP contribution in [0.3, 0.4) is 0 Å². The van der Waals surface area contributed by atoms with E-state index in [1.165, 1.54) is 11.3 Å². The summed E-state index contributed by atoms with van der Waals surface area (Å²) in [5.74, 6) is 0.175. The van der Waals surface area contributed by atoms with E-state index in [1.807, 2.05) is 17.0 Å². The standard InChI is InChI=1S/C15H18N4O3S/c1-9(20)18-5-7-19(8-6-18)10-3-4-11(22-2)12-13(10)23-15(17-12)14(16)21/h3-4H,5-8H2,1-2H3,(H2,16,21). The molecule has 0 aliphatic carbocycles. The van der Waals surface area contributed by atoms with E-state index in [2.05, 4.69) is 9.88 Å². The van der Waals surface area contributed by atoms with E-state index in [-0.39, 0.29) is 10.9 Å². The molecule has 0 radical (unpaired) electrons. The number of carbonyl (C=O) groups is 2. The number of amides is 2. The number of hydrogen-bond acceptors (Lipinski definition) is 6. The molecule has 1 aliphatic rings. The second kappa shape index (κ2) is 6.04.